The van der Waals surface area contributed by atoms with E-state index in [1.54, 1.807) is 0 Å². The minimum absolute atomic E-state index is 0.0575. The van der Waals surface area contributed by atoms with Gasteiger partial charge in [0.15, 0.2) is 0 Å². The molecule has 3 N–H and O–H groups in total. The Labute approximate surface area is 132 Å². The van der Waals surface area contributed by atoms with Crippen LogP contribution < -0.4 is 10.5 Å². The fourth-order valence-corrected chi connectivity index (χ4v) is 2.26. The number of hydrogen-bond acceptors (Lipinski definition) is 4. The molecule has 4 nitrogen and oxygen atoms in total. The molecule has 21 heavy (non-hydrogen) atoms. The third kappa shape index (κ3) is 7.18. The van der Waals surface area contributed by atoms with Crippen LogP contribution in [0.25, 0.3) is 0 Å². The maximum atomic E-state index is 9.93. The van der Waals surface area contributed by atoms with Crippen molar-refractivity contribution in [1.82, 2.24) is 0 Å². The first-order valence-corrected chi connectivity index (χ1v) is 7.98. The fraction of sp³-hybridized carbons (Fsp3) is 0.600. The summed E-state index contributed by atoms with van der Waals surface area (Å²) in [6.07, 6.45) is 2.28. The van der Waals surface area contributed by atoms with Gasteiger partial charge in [-0.1, -0.05) is 25.5 Å². The molecule has 1 rings (SSSR count). The van der Waals surface area contributed by atoms with Gasteiger partial charge >= 0.3 is 0 Å². The van der Waals surface area contributed by atoms with E-state index < -0.39 is 6.10 Å². The molecule has 0 aliphatic carbocycles. The summed E-state index contributed by atoms with van der Waals surface area (Å²) in [7, 11) is 0.402. The van der Waals surface area contributed by atoms with Crippen molar-refractivity contribution in [2.75, 3.05) is 19.2 Å². The van der Waals surface area contributed by atoms with Crippen molar-refractivity contribution in [3.8, 4) is 5.75 Å². The number of hydrogen-bond donors (Lipinski definition) is 2. The van der Waals surface area contributed by atoms with Gasteiger partial charge in [-0.15, -0.1) is 11.6 Å². The summed E-state index contributed by atoms with van der Waals surface area (Å²) in [5.74, 6) is 1.01. The zero-order chi connectivity index (χ0) is 15.5. The van der Waals surface area contributed by atoms with Crippen LogP contribution in [0.4, 0.5) is 0 Å². The first-order valence-electron chi connectivity index (χ1n) is 7.44. The average Bonchev–Trinajstić information content (AvgIpc) is 2.52. The number of benzene rings is 1. The number of ether oxygens (including phenoxy) is 1. The van der Waals surface area contributed by atoms with Crippen LogP contribution in [0.1, 0.15) is 25.3 Å². The van der Waals surface area contributed by atoms with Crippen LogP contribution in [0.5, 0.6) is 5.75 Å². The molecule has 0 unspecified atom stereocenters. The summed E-state index contributed by atoms with van der Waals surface area (Å²) in [6, 6.07) is 7.94. The quantitative estimate of drug-likeness (QED) is 0.284. The van der Waals surface area contributed by atoms with Crippen LogP contribution in [0.15, 0.2) is 24.3 Å². The molecule has 0 radical (unpaired) electrons. The fourth-order valence-electron chi connectivity index (χ4n) is 2.01. The van der Waals surface area contributed by atoms with Crippen molar-refractivity contribution in [1.29, 1.82) is 0 Å². The van der Waals surface area contributed by atoms with E-state index in [0.29, 0.717) is 13.9 Å². The van der Waals surface area contributed by atoms with Gasteiger partial charge in [0.1, 0.15) is 5.75 Å². The van der Waals surface area contributed by atoms with E-state index in [9.17, 15) is 5.11 Å². The van der Waals surface area contributed by atoms with Gasteiger partial charge in [-0.25, -0.2) is 0 Å². The summed E-state index contributed by atoms with van der Waals surface area (Å²) in [4.78, 5) is 0. The van der Waals surface area contributed by atoms with E-state index in [2.05, 4.69) is 6.92 Å². The van der Waals surface area contributed by atoms with Gasteiger partial charge in [0, 0.05) is 5.88 Å². The number of rotatable bonds is 11. The van der Waals surface area contributed by atoms with E-state index in [4.69, 9.17) is 26.7 Å². The largest absolute Gasteiger partial charge is 0.494 e. The van der Waals surface area contributed by atoms with Crippen LogP contribution in [0.2, 0.25) is 5.82 Å². The van der Waals surface area contributed by atoms with Gasteiger partial charge in [0.05, 0.1) is 19.4 Å². The molecule has 6 heteroatoms. The smallest absolute Gasteiger partial charge is 0.282 e. The number of aliphatic hydroxyl groups excluding tert-OH is 1. The molecule has 118 valence electrons. The van der Waals surface area contributed by atoms with Gasteiger partial charge in [-0.3, -0.25) is 0 Å². The molecule has 0 aliphatic rings. The zero-order valence-electron chi connectivity index (χ0n) is 12.6. The molecule has 1 aromatic rings. The number of aliphatic hydroxyl groups is 1. The number of unbranched alkanes of at least 4 members (excludes halogenated alkanes) is 1. The van der Waals surface area contributed by atoms with E-state index in [1.165, 1.54) is 0 Å². The van der Waals surface area contributed by atoms with E-state index >= 15 is 0 Å². The molecule has 0 saturated carbocycles. The Kier molecular flexibility index (Phi) is 9.51. The van der Waals surface area contributed by atoms with E-state index in [-0.39, 0.29) is 18.4 Å². The zero-order valence-corrected chi connectivity index (χ0v) is 13.4. The molecular formula is C15H25BClNO3. The summed E-state index contributed by atoms with van der Waals surface area (Å²) in [5.41, 5.74) is 6.45. The standard InChI is InChI=1S/C15H25BClNO3/c1-2-3-8-20-13-6-4-12(5-7-13)9-14(15(19)10-17)16-21-11-18/h4-7,14-16,19H,2-3,8-11,18H2,1H3/t14-,15+/m0/s1. The van der Waals surface area contributed by atoms with E-state index in [0.717, 1.165) is 30.8 Å². The number of nitrogens with two attached hydrogens (primary N) is 1. The molecule has 2 atom stereocenters. The highest BCUT2D eigenvalue weighted by Gasteiger charge is 2.21. The first kappa shape index (κ1) is 18.3. The van der Waals surface area contributed by atoms with Crippen LogP contribution >= 0.6 is 11.6 Å². The molecule has 0 amide bonds. The normalized spacial score (nSPS) is 13.7. The van der Waals surface area contributed by atoms with Crippen molar-refractivity contribution in [2.45, 2.75) is 38.1 Å². The van der Waals surface area contributed by atoms with Gasteiger partial charge in [0.2, 0.25) is 0 Å². The Balaban J connectivity index is 2.54. The van der Waals surface area contributed by atoms with Crippen LogP contribution in [-0.2, 0) is 11.1 Å². The minimum Gasteiger partial charge on any atom is -0.494 e. The van der Waals surface area contributed by atoms with Crippen LogP contribution in [-0.4, -0.2) is 37.9 Å². The Bertz CT molecular complexity index is 378. The van der Waals surface area contributed by atoms with Gasteiger partial charge in [-0.05, 0) is 36.4 Å². The lowest BCUT2D eigenvalue weighted by Gasteiger charge is -2.20. The molecule has 0 saturated heterocycles. The SMILES string of the molecule is CCCCOc1ccc(C[C@H](BOCN)[C@H](O)CCl)cc1. The predicted molar refractivity (Wildman–Crippen MR) is 88.3 cm³/mol. The molecule has 0 bridgehead atoms. The van der Waals surface area contributed by atoms with Gasteiger partial charge < -0.3 is 20.2 Å². The Morgan fingerprint density at radius 1 is 1.33 bits per heavy atom. The van der Waals surface area contributed by atoms with Crippen molar-refractivity contribution >= 4 is 19.1 Å². The van der Waals surface area contributed by atoms with Crippen LogP contribution in [0.3, 0.4) is 0 Å². The summed E-state index contributed by atoms with van der Waals surface area (Å²) >= 11 is 5.73. The highest BCUT2D eigenvalue weighted by atomic mass is 35.5. The molecule has 0 heterocycles. The number of alkyl halides is 1. The van der Waals surface area contributed by atoms with Crippen molar-refractivity contribution in [2.24, 2.45) is 5.73 Å². The highest BCUT2D eigenvalue weighted by molar-refractivity contribution is 6.30. The van der Waals surface area contributed by atoms with E-state index in [1.807, 2.05) is 24.3 Å². The molecule has 0 aliphatic heterocycles. The number of halogens is 1. The van der Waals surface area contributed by atoms with Crippen molar-refractivity contribution in [3.05, 3.63) is 29.8 Å². The second kappa shape index (κ2) is 10.9. The second-order valence-corrected chi connectivity index (χ2v) is 5.38. The maximum absolute atomic E-state index is 9.93. The summed E-state index contributed by atoms with van der Waals surface area (Å²) < 4.78 is 10.8. The summed E-state index contributed by atoms with van der Waals surface area (Å²) in [5, 5.41) is 9.93. The maximum Gasteiger partial charge on any atom is 0.282 e. The summed E-state index contributed by atoms with van der Waals surface area (Å²) in [6.45, 7) is 3.03. The Hall–Kier alpha value is -0.745. The monoisotopic (exact) mass is 313 g/mol. The van der Waals surface area contributed by atoms with Crippen LogP contribution in [0, 0.1) is 0 Å². The molecule has 0 aromatic heterocycles. The lowest BCUT2D eigenvalue weighted by atomic mass is 9.72. The lowest BCUT2D eigenvalue weighted by Crippen LogP contribution is -2.27. The van der Waals surface area contributed by atoms with Gasteiger partial charge in [-0.2, -0.15) is 0 Å². The Morgan fingerprint density at radius 3 is 2.62 bits per heavy atom. The minimum atomic E-state index is -0.598. The molecular weight excluding hydrogens is 288 g/mol. The second-order valence-electron chi connectivity index (χ2n) is 5.07. The van der Waals surface area contributed by atoms with Crippen molar-refractivity contribution in [3.63, 3.8) is 0 Å². The first-order chi connectivity index (χ1) is 10.2. The molecule has 0 spiro atoms. The van der Waals surface area contributed by atoms with Gasteiger partial charge in [0.25, 0.3) is 7.48 Å². The topological polar surface area (TPSA) is 64.7 Å². The third-order valence-corrected chi connectivity index (χ3v) is 3.66. The molecule has 1 aromatic carbocycles. The lowest BCUT2D eigenvalue weighted by molar-refractivity contribution is 0.179. The average molecular weight is 314 g/mol. The molecule has 0 fully saturated rings. The predicted octanol–water partition coefficient (Wildman–Crippen LogP) is 2.08. The third-order valence-electron chi connectivity index (χ3n) is 3.34. The Morgan fingerprint density at radius 2 is 2.05 bits per heavy atom. The highest BCUT2D eigenvalue weighted by Crippen LogP contribution is 2.21. The van der Waals surface area contributed by atoms with Crippen molar-refractivity contribution < 1.29 is 14.5 Å².